The van der Waals surface area contributed by atoms with Gasteiger partial charge in [0.1, 0.15) is 6.04 Å². The second-order valence-corrected chi connectivity index (χ2v) is 5.08. The third-order valence-corrected chi connectivity index (χ3v) is 2.90. The van der Waals surface area contributed by atoms with Crippen molar-refractivity contribution in [1.82, 2.24) is 4.57 Å². The van der Waals surface area contributed by atoms with Crippen LogP contribution in [-0.4, -0.2) is 10.5 Å². The van der Waals surface area contributed by atoms with Crippen LogP contribution in [0.25, 0.3) is 0 Å². The molecule has 1 aromatic heterocycles. The van der Waals surface area contributed by atoms with Crippen LogP contribution in [0.15, 0.2) is 23.1 Å². The van der Waals surface area contributed by atoms with Crippen molar-refractivity contribution in [2.24, 2.45) is 11.7 Å². The molecule has 0 radical (unpaired) electrons. The number of nitrogens with zero attached hydrogens (tertiary/aromatic N) is 1. The smallest absolute Gasteiger partial charge is 0.251 e. The summed E-state index contributed by atoms with van der Waals surface area (Å²) < 4.78 is 1.48. The molecule has 4 nitrogen and oxygen atoms in total. The molecule has 0 saturated heterocycles. The zero-order valence-corrected chi connectivity index (χ0v) is 11.3. The van der Waals surface area contributed by atoms with Gasteiger partial charge in [0, 0.05) is 12.3 Å². The Labute approximate surface area is 108 Å². The molecule has 0 spiro atoms. The molecule has 0 aliphatic carbocycles. The SMILES string of the molecule is CCCc1ccc(=O)n(C(CC(C)C)C(N)=O)c1. The molecule has 100 valence electrons. The summed E-state index contributed by atoms with van der Waals surface area (Å²) in [7, 11) is 0. The molecule has 0 bridgehead atoms. The van der Waals surface area contributed by atoms with Gasteiger partial charge in [-0.3, -0.25) is 9.59 Å². The minimum atomic E-state index is -0.547. The minimum absolute atomic E-state index is 0.167. The lowest BCUT2D eigenvalue weighted by Crippen LogP contribution is -2.34. The lowest BCUT2D eigenvalue weighted by atomic mass is 10.0. The second-order valence-electron chi connectivity index (χ2n) is 5.08. The number of rotatable bonds is 6. The summed E-state index contributed by atoms with van der Waals surface area (Å²) in [4.78, 5) is 23.4. The summed E-state index contributed by atoms with van der Waals surface area (Å²) in [5, 5.41) is 0. The Morgan fingerprint density at radius 1 is 1.39 bits per heavy atom. The maximum Gasteiger partial charge on any atom is 0.251 e. The summed E-state index contributed by atoms with van der Waals surface area (Å²) in [6.45, 7) is 6.10. The van der Waals surface area contributed by atoms with E-state index in [0.717, 1.165) is 18.4 Å². The van der Waals surface area contributed by atoms with Gasteiger partial charge in [-0.15, -0.1) is 0 Å². The molecule has 1 unspecified atom stereocenters. The molecule has 1 rings (SSSR count). The van der Waals surface area contributed by atoms with Gasteiger partial charge < -0.3 is 10.3 Å². The van der Waals surface area contributed by atoms with Crippen molar-refractivity contribution in [2.75, 3.05) is 0 Å². The zero-order chi connectivity index (χ0) is 13.7. The van der Waals surface area contributed by atoms with Crippen molar-refractivity contribution < 1.29 is 4.79 Å². The summed E-state index contributed by atoms with van der Waals surface area (Å²) in [5.74, 6) is -0.135. The molecular formula is C14H22N2O2. The normalized spacial score (nSPS) is 12.7. The lowest BCUT2D eigenvalue weighted by molar-refractivity contribution is -0.121. The highest BCUT2D eigenvalue weighted by molar-refractivity contribution is 5.78. The summed E-state index contributed by atoms with van der Waals surface area (Å²) >= 11 is 0. The number of amides is 1. The van der Waals surface area contributed by atoms with E-state index >= 15 is 0 Å². The van der Waals surface area contributed by atoms with Gasteiger partial charge in [-0.05, 0) is 24.3 Å². The third-order valence-electron chi connectivity index (χ3n) is 2.90. The van der Waals surface area contributed by atoms with Crippen LogP contribution in [0.4, 0.5) is 0 Å². The number of aromatic nitrogens is 1. The van der Waals surface area contributed by atoms with Crippen molar-refractivity contribution in [1.29, 1.82) is 0 Å². The molecular weight excluding hydrogens is 228 g/mol. The van der Waals surface area contributed by atoms with Crippen LogP contribution >= 0.6 is 0 Å². The Bertz CT molecular complexity index is 463. The molecule has 1 heterocycles. The Hall–Kier alpha value is -1.58. The quantitative estimate of drug-likeness (QED) is 0.837. The van der Waals surface area contributed by atoms with Gasteiger partial charge >= 0.3 is 0 Å². The molecule has 0 saturated carbocycles. The lowest BCUT2D eigenvalue weighted by Gasteiger charge is -2.19. The molecule has 1 aromatic rings. The maximum absolute atomic E-state index is 11.9. The fraction of sp³-hybridized carbons (Fsp3) is 0.571. The van der Waals surface area contributed by atoms with Crippen molar-refractivity contribution in [3.63, 3.8) is 0 Å². The van der Waals surface area contributed by atoms with Crippen LogP contribution in [0.5, 0.6) is 0 Å². The third kappa shape index (κ3) is 3.72. The van der Waals surface area contributed by atoms with E-state index in [9.17, 15) is 9.59 Å². The fourth-order valence-corrected chi connectivity index (χ4v) is 2.04. The average Bonchev–Trinajstić information content (AvgIpc) is 2.28. The first-order valence-corrected chi connectivity index (χ1v) is 6.46. The van der Waals surface area contributed by atoms with E-state index in [-0.39, 0.29) is 5.56 Å². The summed E-state index contributed by atoms with van der Waals surface area (Å²) in [6.07, 6.45) is 4.26. The molecule has 0 aromatic carbocycles. The number of aryl methyl sites for hydroxylation is 1. The Balaban J connectivity index is 3.13. The molecule has 0 aliphatic heterocycles. The first-order valence-electron chi connectivity index (χ1n) is 6.46. The second kappa shape index (κ2) is 6.38. The van der Waals surface area contributed by atoms with Crippen LogP contribution in [0, 0.1) is 5.92 Å². The molecule has 0 aliphatic rings. The molecule has 4 heteroatoms. The standard InChI is InChI=1S/C14H22N2O2/c1-4-5-11-6-7-13(17)16(9-11)12(14(15)18)8-10(2)3/h6-7,9-10,12H,4-5,8H2,1-3H3,(H2,15,18). The van der Waals surface area contributed by atoms with Gasteiger partial charge in [-0.25, -0.2) is 0 Å². The number of nitrogens with two attached hydrogens (primary N) is 1. The highest BCUT2D eigenvalue weighted by Gasteiger charge is 2.20. The maximum atomic E-state index is 11.9. The van der Waals surface area contributed by atoms with Crippen LogP contribution in [-0.2, 0) is 11.2 Å². The topological polar surface area (TPSA) is 65.1 Å². The monoisotopic (exact) mass is 250 g/mol. The first-order chi connectivity index (χ1) is 8.45. The van der Waals surface area contributed by atoms with Crippen LogP contribution in [0.2, 0.25) is 0 Å². The molecule has 18 heavy (non-hydrogen) atoms. The number of hydrogen-bond acceptors (Lipinski definition) is 2. The predicted octanol–water partition coefficient (Wildman–Crippen LogP) is 1.87. The van der Waals surface area contributed by atoms with Gasteiger partial charge in [0.15, 0.2) is 0 Å². The first kappa shape index (κ1) is 14.5. The number of carbonyl (C=O) groups excluding carboxylic acids is 1. The Morgan fingerprint density at radius 3 is 2.56 bits per heavy atom. The van der Waals surface area contributed by atoms with Crippen LogP contribution in [0.1, 0.15) is 45.2 Å². The molecule has 0 fully saturated rings. The predicted molar refractivity (Wildman–Crippen MR) is 72.4 cm³/mol. The van der Waals surface area contributed by atoms with Crippen LogP contribution < -0.4 is 11.3 Å². The largest absolute Gasteiger partial charge is 0.368 e. The highest BCUT2D eigenvalue weighted by Crippen LogP contribution is 2.16. The van der Waals surface area contributed by atoms with E-state index < -0.39 is 11.9 Å². The van der Waals surface area contributed by atoms with Gasteiger partial charge in [0.25, 0.3) is 5.56 Å². The fourth-order valence-electron chi connectivity index (χ4n) is 2.04. The van der Waals surface area contributed by atoms with E-state index in [4.69, 9.17) is 5.73 Å². The Kier molecular flexibility index (Phi) is 5.13. The number of hydrogen-bond donors (Lipinski definition) is 1. The van der Waals surface area contributed by atoms with Crippen LogP contribution in [0.3, 0.4) is 0 Å². The van der Waals surface area contributed by atoms with E-state index in [1.165, 1.54) is 10.6 Å². The molecule has 1 amide bonds. The summed E-state index contributed by atoms with van der Waals surface area (Å²) in [5.41, 5.74) is 6.31. The highest BCUT2D eigenvalue weighted by atomic mass is 16.2. The van der Waals surface area contributed by atoms with Crippen molar-refractivity contribution in [3.8, 4) is 0 Å². The molecule has 1 atom stereocenters. The van der Waals surface area contributed by atoms with Crippen molar-refractivity contribution in [3.05, 3.63) is 34.2 Å². The van der Waals surface area contributed by atoms with Gasteiger partial charge in [-0.1, -0.05) is 33.3 Å². The zero-order valence-electron chi connectivity index (χ0n) is 11.3. The Morgan fingerprint density at radius 2 is 2.06 bits per heavy atom. The van der Waals surface area contributed by atoms with Crippen molar-refractivity contribution >= 4 is 5.91 Å². The minimum Gasteiger partial charge on any atom is -0.368 e. The van der Waals surface area contributed by atoms with Gasteiger partial charge in [0.05, 0.1) is 0 Å². The van der Waals surface area contributed by atoms with Gasteiger partial charge in [0.2, 0.25) is 5.91 Å². The van der Waals surface area contributed by atoms with E-state index in [1.807, 2.05) is 19.9 Å². The number of carbonyl (C=O) groups is 1. The van der Waals surface area contributed by atoms with Gasteiger partial charge in [-0.2, -0.15) is 0 Å². The molecule has 2 N–H and O–H groups in total. The van der Waals surface area contributed by atoms with E-state index in [2.05, 4.69) is 6.92 Å². The van der Waals surface area contributed by atoms with Crippen molar-refractivity contribution in [2.45, 2.75) is 46.1 Å². The van der Waals surface area contributed by atoms with E-state index in [0.29, 0.717) is 12.3 Å². The average molecular weight is 250 g/mol. The number of pyridine rings is 1. The summed E-state index contributed by atoms with van der Waals surface area (Å²) in [6, 6.07) is 2.78. The van der Waals surface area contributed by atoms with E-state index in [1.54, 1.807) is 6.20 Å². The number of primary amides is 1.